The summed E-state index contributed by atoms with van der Waals surface area (Å²) in [5.41, 5.74) is 0.872. The molecule has 5 heteroatoms. The van der Waals surface area contributed by atoms with E-state index in [1.54, 1.807) is 16.7 Å². The average Bonchev–Trinajstić information content (AvgIpc) is 2.87. The van der Waals surface area contributed by atoms with Gasteiger partial charge in [-0.2, -0.15) is 0 Å². The number of nitrogens with one attached hydrogen (secondary N) is 1. The summed E-state index contributed by atoms with van der Waals surface area (Å²) in [6.07, 6.45) is 2.32. The molecule has 0 bridgehead atoms. The number of rotatable bonds is 5. The van der Waals surface area contributed by atoms with E-state index in [1.165, 1.54) is 0 Å². The molecule has 1 fully saturated rings. The zero-order chi connectivity index (χ0) is 15.4. The molecule has 1 aromatic rings. The molecule has 1 saturated heterocycles. The van der Waals surface area contributed by atoms with Gasteiger partial charge in [0.2, 0.25) is 11.8 Å². The molecule has 2 rings (SSSR count). The quantitative estimate of drug-likeness (QED) is 0.851. The number of carbonyl (C=O) groups is 2. The summed E-state index contributed by atoms with van der Waals surface area (Å²) in [4.78, 5) is 27.1. The molecule has 1 aliphatic rings. The second kappa shape index (κ2) is 6.98. The lowest BCUT2D eigenvalue weighted by atomic mass is 10.1. The molecule has 1 aliphatic heterocycles. The molecule has 114 valence electrons. The fourth-order valence-electron chi connectivity index (χ4n) is 2.34. The van der Waals surface area contributed by atoms with Gasteiger partial charge in [0.1, 0.15) is 0 Å². The van der Waals surface area contributed by atoms with Crippen LogP contribution in [0, 0.1) is 11.8 Å². The minimum atomic E-state index is -0.239. The van der Waals surface area contributed by atoms with E-state index in [4.69, 9.17) is 0 Å². The van der Waals surface area contributed by atoms with E-state index in [1.807, 2.05) is 30.5 Å². The molecule has 21 heavy (non-hydrogen) atoms. The first-order valence-electron chi connectivity index (χ1n) is 7.23. The maximum Gasteiger partial charge on any atom is 0.227 e. The normalized spacial score (nSPS) is 18.4. The van der Waals surface area contributed by atoms with Gasteiger partial charge in [-0.15, -0.1) is 11.8 Å². The van der Waals surface area contributed by atoms with E-state index < -0.39 is 0 Å². The maximum absolute atomic E-state index is 12.1. The van der Waals surface area contributed by atoms with Gasteiger partial charge in [0.25, 0.3) is 0 Å². The van der Waals surface area contributed by atoms with E-state index >= 15 is 0 Å². The molecule has 0 aliphatic carbocycles. The molecule has 1 unspecified atom stereocenters. The van der Waals surface area contributed by atoms with Crippen molar-refractivity contribution in [3.63, 3.8) is 0 Å². The van der Waals surface area contributed by atoms with Crippen LogP contribution >= 0.6 is 11.8 Å². The van der Waals surface area contributed by atoms with Gasteiger partial charge in [0, 0.05) is 30.1 Å². The highest BCUT2D eigenvalue weighted by atomic mass is 32.2. The first-order valence-corrected chi connectivity index (χ1v) is 8.46. The first kappa shape index (κ1) is 15.9. The Morgan fingerprint density at radius 2 is 2.05 bits per heavy atom. The molecule has 1 atom stereocenters. The van der Waals surface area contributed by atoms with Crippen LogP contribution in [-0.4, -0.2) is 31.2 Å². The molecule has 0 spiro atoms. The van der Waals surface area contributed by atoms with E-state index in [0.717, 1.165) is 10.6 Å². The number of hydrogen-bond acceptors (Lipinski definition) is 3. The molecule has 0 saturated carbocycles. The number of amides is 2. The fourth-order valence-corrected chi connectivity index (χ4v) is 2.75. The highest BCUT2D eigenvalue weighted by Crippen LogP contribution is 2.27. The van der Waals surface area contributed by atoms with Gasteiger partial charge in [-0.25, -0.2) is 0 Å². The zero-order valence-corrected chi connectivity index (χ0v) is 13.6. The van der Waals surface area contributed by atoms with Crippen molar-refractivity contribution in [1.82, 2.24) is 5.32 Å². The van der Waals surface area contributed by atoms with Crippen LogP contribution in [-0.2, 0) is 9.59 Å². The average molecular weight is 306 g/mol. The van der Waals surface area contributed by atoms with Gasteiger partial charge >= 0.3 is 0 Å². The largest absolute Gasteiger partial charge is 0.356 e. The number of thioether (sulfide) groups is 1. The van der Waals surface area contributed by atoms with E-state index in [9.17, 15) is 9.59 Å². The maximum atomic E-state index is 12.1. The summed E-state index contributed by atoms with van der Waals surface area (Å²) in [5, 5.41) is 2.91. The van der Waals surface area contributed by atoms with Crippen molar-refractivity contribution < 1.29 is 9.59 Å². The van der Waals surface area contributed by atoms with Crippen molar-refractivity contribution in [2.45, 2.75) is 25.2 Å². The van der Waals surface area contributed by atoms with Crippen molar-refractivity contribution in [2.24, 2.45) is 11.8 Å². The Kier molecular flexibility index (Phi) is 5.28. The molecule has 1 aromatic carbocycles. The van der Waals surface area contributed by atoms with Gasteiger partial charge in [0.05, 0.1) is 5.92 Å². The third-order valence-corrected chi connectivity index (χ3v) is 4.31. The SMILES string of the molecule is CSc1ccc(N2CC(C(=O)NCC(C)C)CC2=O)cc1. The number of nitrogens with zero attached hydrogens (tertiary/aromatic N) is 1. The van der Waals surface area contributed by atoms with E-state index in [0.29, 0.717) is 25.4 Å². The molecule has 0 aromatic heterocycles. The minimum Gasteiger partial charge on any atom is -0.356 e. The summed E-state index contributed by atoms with van der Waals surface area (Å²) in [6, 6.07) is 7.88. The Hall–Kier alpha value is -1.49. The summed E-state index contributed by atoms with van der Waals surface area (Å²) >= 11 is 1.67. The Bertz CT molecular complexity index is 514. The first-order chi connectivity index (χ1) is 10.0. The highest BCUT2D eigenvalue weighted by Gasteiger charge is 2.34. The Morgan fingerprint density at radius 1 is 1.38 bits per heavy atom. The van der Waals surface area contributed by atoms with Crippen LogP contribution in [0.2, 0.25) is 0 Å². The second-order valence-corrected chi connectivity index (χ2v) is 6.62. The predicted molar refractivity (Wildman–Crippen MR) is 86.5 cm³/mol. The lowest BCUT2D eigenvalue weighted by Crippen LogP contribution is -2.34. The van der Waals surface area contributed by atoms with Crippen LogP contribution in [0.1, 0.15) is 20.3 Å². The van der Waals surface area contributed by atoms with Crippen molar-refractivity contribution in [1.29, 1.82) is 0 Å². The van der Waals surface area contributed by atoms with Crippen LogP contribution in [0.4, 0.5) is 5.69 Å². The molecule has 2 amide bonds. The van der Waals surface area contributed by atoms with Crippen molar-refractivity contribution >= 4 is 29.3 Å². The van der Waals surface area contributed by atoms with Gasteiger partial charge < -0.3 is 10.2 Å². The number of anilines is 1. The van der Waals surface area contributed by atoms with Gasteiger partial charge in [-0.05, 0) is 36.4 Å². The lowest BCUT2D eigenvalue weighted by Gasteiger charge is -2.17. The molecule has 1 heterocycles. The van der Waals surface area contributed by atoms with Crippen LogP contribution in [0.25, 0.3) is 0 Å². The van der Waals surface area contributed by atoms with Gasteiger partial charge in [-0.1, -0.05) is 13.8 Å². The number of hydrogen-bond donors (Lipinski definition) is 1. The van der Waals surface area contributed by atoms with E-state index in [2.05, 4.69) is 19.2 Å². The summed E-state index contributed by atoms with van der Waals surface area (Å²) < 4.78 is 0. The van der Waals surface area contributed by atoms with Crippen molar-refractivity contribution in [2.75, 3.05) is 24.2 Å². The van der Waals surface area contributed by atoms with Crippen LogP contribution in [0.5, 0.6) is 0 Å². The Labute approximate surface area is 130 Å². The molecule has 4 nitrogen and oxygen atoms in total. The standard InChI is InChI=1S/C16H22N2O2S/c1-11(2)9-17-16(20)12-8-15(19)18(10-12)13-4-6-14(21-3)7-5-13/h4-7,11-12H,8-10H2,1-3H3,(H,17,20). The van der Waals surface area contributed by atoms with Gasteiger partial charge in [-0.3, -0.25) is 9.59 Å². The number of benzene rings is 1. The monoisotopic (exact) mass is 306 g/mol. The summed E-state index contributed by atoms with van der Waals surface area (Å²) in [7, 11) is 0. The lowest BCUT2D eigenvalue weighted by molar-refractivity contribution is -0.126. The third-order valence-electron chi connectivity index (χ3n) is 3.56. The van der Waals surface area contributed by atoms with E-state index in [-0.39, 0.29) is 17.7 Å². The smallest absolute Gasteiger partial charge is 0.227 e. The topological polar surface area (TPSA) is 49.4 Å². The van der Waals surface area contributed by atoms with Crippen molar-refractivity contribution in [3.05, 3.63) is 24.3 Å². The minimum absolute atomic E-state index is 0.0136. The Morgan fingerprint density at radius 3 is 2.62 bits per heavy atom. The van der Waals surface area contributed by atoms with Crippen LogP contribution in [0.15, 0.2) is 29.2 Å². The fraction of sp³-hybridized carbons (Fsp3) is 0.500. The van der Waals surface area contributed by atoms with Crippen LogP contribution < -0.4 is 10.2 Å². The molecular weight excluding hydrogens is 284 g/mol. The van der Waals surface area contributed by atoms with Crippen LogP contribution in [0.3, 0.4) is 0 Å². The predicted octanol–water partition coefficient (Wildman–Crippen LogP) is 2.53. The van der Waals surface area contributed by atoms with Gasteiger partial charge in [0.15, 0.2) is 0 Å². The Balaban J connectivity index is 2.00. The summed E-state index contributed by atoms with van der Waals surface area (Å²) in [6.45, 7) is 5.24. The van der Waals surface area contributed by atoms with Crippen molar-refractivity contribution in [3.8, 4) is 0 Å². The summed E-state index contributed by atoms with van der Waals surface area (Å²) in [5.74, 6) is 0.189. The number of carbonyl (C=O) groups excluding carboxylic acids is 2. The molecule has 1 N–H and O–H groups in total. The zero-order valence-electron chi connectivity index (χ0n) is 12.8. The molecule has 0 radical (unpaired) electrons. The molecular formula is C16H22N2O2S. The highest BCUT2D eigenvalue weighted by molar-refractivity contribution is 7.98. The second-order valence-electron chi connectivity index (χ2n) is 5.74. The third kappa shape index (κ3) is 4.00.